The van der Waals surface area contributed by atoms with Crippen molar-refractivity contribution in [1.29, 1.82) is 0 Å². The SMILES string of the molecule is CCCCCCC/C=C\C/C=C\CCCCCCCCCCCCCC(=O)NC(CO)C(O)CCCCCCCCCCCCC. The van der Waals surface area contributed by atoms with Crippen molar-refractivity contribution in [2.75, 3.05) is 6.61 Å². The highest BCUT2D eigenvalue weighted by molar-refractivity contribution is 5.76. The number of allylic oxidation sites excluding steroid dienone is 4. The summed E-state index contributed by atoms with van der Waals surface area (Å²) in [5.41, 5.74) is 0. The molecule has 2 unspecified atom stereocenters. The molecule has 0 heterocycles. The molecule has 0 bridgehead atoms. The van der Waals surface area contributed by atoms with Gasteiger partial charge in [-0.3, -0.25) is 4.79 Å². The van der Waals surface area contributed by atoms with Crippen molar-refractivity contribution in [1.82, 2.24) is 5.32 Å². The van der Waals surface area contributed by atoms with Crippen LogP contribution in [-0.2, 0) is 4.79 Å². The van der Waals surface area contributed by atoms with Crippen LogP contribution in [0.2, 0.25) is 0 Å². The van der Waals surface area contributed by atoms with Gasteiger partial charge in [-0.15, -0.1) is 0 Å². The lowest BCUT2D eigenvalue weighted by molar-refractivity contribution is -0.123. The molecule has 2 atom stereocenters. The van der Waals surface area contributed by atoms with Gasteiger partial charge in [0.25, 0.3) is 0 Å². The molecule has 0 saturated carbocycles. The van der Waals surface area contributed by atoms with Gasteiger partial charge in [0.2, 0.25) is 5.91 Å². The summed E-state index contributed by atoms with van der Waals surface area (Å²) < 4.78 is 0. The number of aliphatic hydroxyl groups is 2. The molecular weight excluding hydrogens is 566 g/mol. The van der Waals surface area contributed by atoms with Crippen LogP contribution in [0, 0.1) is 0 Å². The van der Waals surface area contributed by atoms with Gasteiger partial charge < -0.3 is 15.5 Å². The Kier molecular flexibility index (Phi) is 37.4. The number of carbonyl (C=O) groups excluding carboxylic acids is 1. The maximum absolute atomic E-state index is 12.4. The van der Waals surface area contributed by atoms with Crippen molar-refractivity contribution in [3.63, 3.8) is 0 Å². The lowest BCUT2D eigenvalue weighted by Crippen LogP contribution is -2.45. The molecule has 0 aromatic heterocycles. The molecule has 46 heavy (non-hydrogen) atoms. The minimum atomic E-state index is -0.656. The molecule has 3 N–H and O–H groups in total. The summed E-state index contributed by atoms with van der Waals surface area (Å²) in [6, 6.07) is -0.533. The van der Waals surface area contributed by atoms with E-state index >= 15 is 0 Å². The normalized spacial score (nSPS) is 13.2. The smallest absolute Gasteiger partial charge is 0.220 e. The van der Waals surface area contributed by atoms with Gasteiger partial charge in [0.05, 0.1) is 18.8 Å². The predicted octanol–water partition coefficient (Wildman–Crippen LogP) is 12.5. The standard InChI is InChI=1S/C42H81NO3/c1-3-5-7-9-11-13-15-16-17-18-19-20-21-22-23-24-25-26-28-30-32-34-36-38-42(46)43-40(39-44)41(45)37-35-33-31-29-27-14-12-10-8-6-4-2/h15-16,18-19,40-41,44-45H,3-14,17,20-39H2,1-2H3,(H,43,46)/b16-15-,19-18-. The first kappa shape index (κ1) is 44.9. The minimum absolute atomic E-state index is 0.0344. The van der Waals surface area contributed by atoms with E-state index in [2.05, 4.69) is 43.5 Å². The molecule has 0 rings (SSSR count). The molecule has 272 valence electrons. The summed E-state index contributed by atoms with van der Waals surface area (Å²) in [5.74, 6) is -0.0344. The third-order valence-corrected chi connectivity index (χ3v) is 9.47. The molecule has 4 nitrogen and oxygen atoms in total. The second-order valence-corrected chi connectivity index (χ2v) is 14.1. The number of nitrogens with one attached hydrogen (secondary N) is 1. The van der Waals surface area contributed by atoms with E-state index in [0.717, 1.165) is 32.1 Å². The Balaban J connectivity index is 3.50. The second-order valence-electron chi connectivity index (χ2n) is 14.1. The average Bonchev–Trinajstić information content (AvgIpc) is 3.06. The molecule has 0 aliphatic carbocycles. The molecule has 0 spiro atoms. The van der Waals surface area contributed by atoms with Gasteiger partial charge in [0.15, 0.2) is 0 Å². The first-order valence-electron chi connectivity index (χ1n) is 20.5. The predicted molar refractivity (Wildman–Crippen MR) is 202 cm³/mol. The van der Waals surface area contributed by atoms with Crippen LogP contribution in [0.4, 0.5) is 0 Å². The third-order valence-electron chi connectivity index (χ3n) is 9.47. The second kappa shape index (κ2) is 38.3. The molecule has 4 heteroatoms. The lowest BCUT2D eigenvalue weighted by atomic mass is 10.0. The molecule has 1 amide bonds. The van der Waals surface area contributed by atoms with Crippen LogP contribution in [0.1, 0.15) is 219 Å². The maximum Gasteiger partial charge on any atom is 0.220 e. The number of hydrogen-bond donors (Lipinski definition) is 3. The summed E-state index contributed by atoms with van der Waals surface area (Å²) in [6.07, 6.45) is 48.2. The van der Waals surface area contributed by atoms with E-state index < -0.39 is 12.1 Å². The molecule has 0 aromatic carbocycles. The van der Waals surface area contributed by atoms with Gasteiger partial charge in [0.1, 0.15) is 0 Å². The average molecular weight is 648 g/mol. The van der Waals surface area contributed by atoms with E-state index in [9.17, 15) is 15.0 Å². The van der Waals surface area contributed by atoms with Crippen LogP contribution >= 0.6 is 0 Å². The van der Waals surface area contributed by atoms with Gasteiger partial charge in [-0.2, -0.15) is 0 Å². The number of unbranched alkanes of at least 4 members (excludes halogenated alkanes) is 26. The van der Waals surface area contributed by atoms with Crippen molar-refractivity contribution in [3.8, 4) is 0 Å². The van der Waals surface area contributed by atoms with Crippen LogP contribution in [-0.4, -0.2) is 34.9 Å². The van der Waals surface area contributed by atoms with E-state index in [1.54, 1.807) is 0 Å². The quantitative estimate of drug-likeness (QED) is 0.0464. The molecule has 0 radical (unpaired) electrons. The van der Waals surface area contributed by atoms with Crippen LogP contribution in [0.15, 0.2) is 24.3 Å². The summed E-state index contributed by atoms with van der Waals surface area (Å²) >= 11 is 0. The number of rotatable bonds is 37. The first-order chi connectivity index (χ1) is 22.7. The fraction of sp³-hybridized carbons (Fsp3) is 0.881. The van der Waals surface area contributed by atoms with E-state index in [1.807, 2.05) is 0 Å². The lowest BCUT2D eigenvalue weighted by Gasteiger charge is -2.22. The maximum atomic E-state index is 12.4. The Hall–Kier alpha value is -1.13. The Morgan fingerprint density at radius 2 is 0.891 bits per heavy atom. The number of amides is 1. The summed E-state index contributed by atoms with van der Waals surface area (Å²) in [5, 5.41) is 23.1. The van der Waals surface area contributed by atoms with Gasteiger partial charge in [-0.05, 0) is 44.9 Å². The number of carbonyl (C=O) groups is 1. The fourth-order valence-corrected chi connectivity index (χ4v) is 6.27. The largest absolute Gasteiger partial charge is 0.394 e. The van der Waals surface area contributed by atoms with E-state index in [-0.39, 0.29) is 12.5 Å². The van der Waals surface area contributed by atoms with E-state index in [4.69, 9.17) is 0 Å². The van der Waals surface area contributed by atoms with Gasteiger partial charge in [-0.25, -0.2) is 0 Å². The number of hydrogen-bond acceptors (Lipinski definition) is 3. The zero-order valence-corrected chi connectivity index (χ0v) is 31.1. The van der Waals surface area contributed by atoms with Crippen molar-refractivity contribution in [3.05, 3.63) is 24.3 Å². The van der Waals surface area contributed by atoms with Crippen molar-refractivity contribution in [2.45, 2.75) is 231 Å². The Labute approximate surface area is 288 Å². The highest BCUT2D eigenvalue weighted by Gasteiger charge is 2.19. The molecular formula is C42H81NO3. The van der Waals surface area contributed by atoms with Gasteiger partial charge in [0, 0.05) is 6.42 Å². The molecule has 0 aromatic rings. The van der Waals surface area contributed by atoms with Crippen molar-refractivity contribution in [2.24, 2.45) is 0 Å². The zero-order valence-electron chi connectivity index (χ0n) is 31.1. The molecule has 0 aliphatic heterocycles. The monoisotopic (exact) mass is 648 g/mol. The summed E-state index contributed by atoms with van der Waals surface area (Å²) in [6.45, 7) is 4.34. The van der Waals surface area contributed by atoms with Crippen LogP contribution in [0.3, 0.4) is 0 Å². The topological polar surface area (TPSA) is 69.6 Å². The number of aliphatic hydroxyl groups excluding tert-OH is 2. The molecule has 0 aliphatic rings. The minimum Gasteiger partial charge on any atom is -0.394 e. The molecule has 0 fully saturated rings. The van der Waals surface area contributed by atoms with Crippen molar-refractivity contribution < 1.29 is 15.0 Å². The Bertz CT molecular complexity index is 661. The zero-order chi connectivity index (χ0) is 33.6. The first-order valence-corrected chi connectivity index (χ1v) is 20.5. The highest BCUT2D eigenvalue weighted by Crippen LogP contribution is 2.15. The summed E-state index contributed by atoms with van der Waals surface area (Å²) in [4.78, 5) is 12.4. The Morgan fingerprint density at radius 3 is 1.30 bits per heavy atom. The Morgan fingerprint density at radius 1 is 0.522 bits per heavy atom. The van der Waals surface area contributed by atoms with Crippen LogP contribution < -0.4 is 5.32 Å². The van der Waals surface area contributed by atoms with Gasteiger partial charge in [-0.1, -0.05) is 192 Å². The van der Waals surface area contributed by atoms with Gasteiger partial charge >= 0.3 is 0 Å². The summed E-state index contributed by atoms with van der Waals surface area (Å²) in [7, 11) is 0. The fourth-order valence-electron chi connectivity index (χ4n) is 6.27. The van der Waals surface area contributed by atoms with Crippen LogP contribution in [0.5, 0.6) is 0 Å². The van der Waals surface area contributed by atoms with Crippen molar-refractivity contribution >= 4 is 5.91 Å². The third kappa shape index (κ3) is 34.2. The highest BCUT2D eigenvalue weighted by atomic mass is 16.3. The van der Waals surface area contributed by atoms with Crippen LogP contribution in [0.25, 0.3) is 0 Å². The molecule has 0 saturated heterocycles. The van der Waals surface area contributed by atoms with E-state index in [0.29, 0.717) is 12.8 Å². The van der Waals surface area contributed by atoms with E-state index in [1.165, 1.54) is 161 Å².